The first-order chi connectivity index (χ1) is 22.5. The molecule has 46 heavy (non-hydrogen) atoms. The van der Waals surface area contributed by atoms with E-state index in [2.05, 4.69) is 38.5 Å². The first kappa shape index (κ1) is 30.5. The van der Waals surface area contributed by atoms with Gasteiger partial charge in [0.2, 0.25) is 11.9 Å². The molecule has 0 bridgehead atoms. The number of carbonyl (C=O) groups excluding carboxylic acids is 1. The highest BCUT2D eigenvalue weighted by Crippen LogP contribution is 2.34. The van der Waals surface area contributed by atoms with Gasteiger partial charge in [0.05, 0.1) is 61.3 Å². The summed E-state index contributed by atoms with van der Waals surface area (Å²) in [6.45, 7) is 8.80. The van der Waals surface area contributed by atoms with Crippen molar-refractivity contribution < 1.29 is 18.7 Å². The molecule has 0 unspecified atom stereocenters. The predicted molar refractivity (Wildman–Crippen MR) is 176 cm³/mol. The number of halogens is 1. The SMILES string of the molecule is C=CC(=O)Nc1cc(C#N)cc(-c2nc(Nc3cccc(N4CCOCC4)c3)ncc2Nc2ccc(N3CCOCC3)c(F)c2)c1. The maximum absolute atomic E-state index is 15.3. The molecule has 0 radical (unpaired) electrons. The maximum Gasteiger partial charge on any atom is 0.247 e. The molecule has 0 saturated carbocycles. The summed E-state index contributed by atoms with van der Waals surface area (Å²) in [5.74, 6) is -0.471. The van der Waals surface area contributed by atoms with Crippen LogP contribution < -0.4 is 25.8 Å². The summed E-state index contributed by atoms with van der Waals surface area (Å²) in [4.78, 5) is 25.7. The van der Waals surface area contributed by atoms with E-state index >= 15 is 4.39 Å². The number of ether oxygens (including phenoxy) is 2. The van der Waals surface area contributed by atoms with Gasteiger partial charge in [0, 0.05) is 54.5 Å². The molecule has 11 nitrogen and oxygen atoms in total. The second kappa shape index (κ2) is 14.1. The monoisotopic (exact) mass is 620 g/mol. The molecule has 3 N–H and O–H groups in total. The summed E-state index contributed by atoms with van der Waals surface area (Å²) in [6, 6.07) is 20.0. The topological polar surface area (TPSA) is 128 Å². The molecule has 0 spiro atoms. The first-order valence-electron chi connectivity index (χ1n) is 14.9. The summed E-state index contributed by atoms with van der Waals surface area (Å²) in [5, 5.41) is 19.0. The quantitative estimate of drug-likeness (QED) is 0.208. The van der Waals surface area contributed by atoms with Crippen molar-refractivity contribution in [2.24, 2.45) is 0 Å². The Morgan fingerprint density at radius 2 is 1.65 bits per heavy atom. The number of amides is 1. The van der Waals surface area contributed by atoms with Crippen LogP contribution in [0.1, 0.15) is 5.56 Å². The van der Waals surface area contributed by atoms with Crippen LogP contribution in [-0.4, -0.2) is 68.5 Å². The number of hydrogen-bond acceptors (Lipinski definition) is 10. The van der Waals surface area contributed by atoms with Crippen LogP contribution in [0.25, 0.3) is 11.3 Å². The maximum atomic E-state index is 15.3. The summed E-state index contributed by atoms with van der Waals surface area (Å²) in [7, 11) is 0. The van der Waals surface area contributed by atoms with Gasteiger partial charge in [0.1, 0.15) is 5.82 Å². The molecule has 3 heterocycles. The Balaban J connectivity index is 1.35. The number of anilines is 7. The van der Waals surface area contributed by atoms with Crippen molar-refractivity contribution in [3.05, 3.63) is 90.9 Å². The Morgan fingerprint density at radius 3 is 2.37 bits per heavy atom. The normalized spacial score (nSPS) is 14.7. The van der Waals surface area contributed by atoms with Gasteiger partial charge in [-0.05, 0) is 60.7 Å². The molecular formula is C34H33FN8O3. The molecule has 0 atom stereocenters. The van der Waals surface area contributed by atoms with Crippen LogP contribution in [0.4, 0.5) is 44.5 Å². The number of nitriles is 1. The van der Waals surface area contributed by atoms with Crippen molar-refractivity contribution in [2.75, 3.05) is 78.4 Å². The van der Waals surface area contributed by atoms with Crippen LogP contribution in [0, 0.1) is 17.1 Å². The van der Waals surface area contributed by atoms with E-state index in [0.717, 1.165) is 30.5 Å². The largest absolute Gasteiger partial charge is 0.378 e. The van der Waals surface area contributed by atoms with E-state index in [0.29, 0.717) is 85.0 Å². The fraction of sp³-hybridized carbons (Fsp3) is 0.235. The molecule has 4 aromatic rings. The van der Waals surface area contributed by atoms with E-state index < -0.39 is 5.91 Å². The lowest BCUT2D eigenvalue weighted by Gasteiger charge is -2.29. The Bertz CT molecular complexity index is 1780. The summed E-state index contributed by atoms with van der Waals surface area (Å²) in [6.07, 6.45) is 2.75. The molecule has 6 rings (SSSR count). The number of nitrogens with zero attached hydrogens (tertiary/aromatic N) is 5. The molecule has 2 aliphatic rings. The number of nitrogens with one attached hydrogen (secondary N) is 3. The molecular weight excluding hydrogens is 587 g/mol. The molecule has 3 aromatic carbocycles. The smallest absolute Gasteiger partial charge is 0.247 e. The summed E-state index contributed by atoms with van der Waals surface area (Å²) >= 11 is 0. The molecule has 234 valence electrons. The van der Waals surface area contributed by atoms with Crippen molar-refractivity contribution in [1.82, 2.24) is 9.97 Å². The highest BCUT2D eigenvalue weighted by Gasteiger charge is 2.18. The van der Waals surface area contributed by atoms with Gasteiger partial charge in [-0.15, -0.1) is 0 Å². The summed E-state index contributed by atoms with van der Waals surface area (Å²) in [5.41, 5.74) is 5.02. The van der Waals surface area contributed by atoms with E-state index in [1.165, 1.54) is 6.07 Å². The Kier molecular flexibility index (Phi) is 9.33. The molecule has 2 saturated heterocycles. The Hall–Kier alpha value is -5.51. The second-order valence-corrected chi connectivity index (χ2v) is 10.7. The first-order valence-corrected chi connectivity index (χ1v) is 14.9. The fourth-order valence-electron chi connectivity index (χ4n) is 5.38. The fourth-order valence-corrected chi connectivity index (χ4v) is 5.38. The third-order valence-electron chi connectivity index (χ3n) is 7.63. The van der Waals surface area contributed by atoms with Crippen molar-refractivity contribution in [3.8, 4) is 17.3 Å². The van der Waals surface area contributed by atoms with Gasteiger partial charge in [-0.1, -0.05) is 12.6 Å². The number of aromatic nitrogens is 2. The lowest BCUT2D eigenvalue weighted by molar-refractivity contribution is -0.111. The van der Waals surface area contributed by atoms with Gasteiger partial charge in [-0.2, -0.15) is 5.26 Å². The number of carbonyl (C=O) groups is 1. The van der Waals surface area contributed by atoms with E-state index in [1.807, 2.05) is 29.2 Å². The average Bonchev–Trinajstić information content (AvgIpc) is 3.09. The standard InChI is InChI=1S/C34H33FN8O3/c1-2-32(44)39-27-17-23(21-36)16-24(18-27)33-30(38-26-6-7-31(29(35)20-26)43-10-14-46-15-11-43)22-37-34(41-33)40-25-4-3-5-28(19-25)42-8-12-45-13-9-42/h2-7,16-20,22,38H,1,8-15H2,(H,39,44)(H,37,40,41). The predicted octanol–water partition coefficient (Wildman–Crippen LogP) is 5.44. The third kappa shape index (κ3) is 7.23. The summed E-state index contributed by atoms with van der Waals surface area (Å²) < 4.78 is 26.2. The van der Waals surface area contributed by atoms with Gasteiger partial charge in [0.25, 0.3) is 0 Å². The molecule has 2 fully saturated rings. The van der Waals surface area contributed by atoms with Crippen molar-refractivity contribution in [2.45, 2.75) is 0 Å². The average molecular weight is 621 g/mol. The zero-order chi connectivity index (χ0) is 31.9. The van der Waals surface area contributed by atoms with E-state index in [1.54, 1.807) is 36.5 Å². The minimum Gasteiger partial charge on any atom is -0.378 e. The van der Waals surface area contributed by atoms with Crippen LogP contribution in [0.3, 0.4) is 0 Å². The van der Waals surface area contributed by atoms with E-state index in [-0.39, 0.29) is 5.82 Å². The van der Waals surface area contributed by atoms with Gasteiger partial charge in [-0.25, -0.2) is 14.4 Å². The lowest BCUT2D eigenvalue weighted by Crippen LogP contribution is -2.36. The molecule has 0 aliphatic carbocycles. The van der Waals surface area contributed by atoms with Crippen molar-refractivity contribution >= 4 is 46.0 Å². The highest BCUT2D eigenvalue weighted by molar-refractivity contribution is 5.99. The Labute approximate surface area is 266 Å². The zero-order valence-electron chi connectivity index (χ0n) is 25.1. The second-order valence-electron chi connectivity index (χ2n) is 10.7. The number of rotatable bonds is 9. The minimum atomic E-state index is -0.416. The van der Waals surface area contributed by atoms with Gasteiger partial charge >= 0.3 is 0 Å². The molecule has 2 aliphatic heterocycles. The van der Waals surface area contributed by atoms with Crippen molar-refractivity contribution in [3.63, 3.8) is 0 Å². The van der Waals surface area contributed by atoms with Crippen LogP contribution in [-0.2, 0) is 14.3 Å². The number of morpholine rings is 2. The minimum absolute atomic E-state index is 0.313. The van der Waals surface area contributed by atoms with E-state index in [9.17, 15) is 10.1 Å². The highest BCUT2D eigenvalue weighted by atomic mass is 19.1. The third-order valence-corrected chi connectivity index (χ3v) is 7.63. The van der Waals surface area contributed by atoms with Crippen LogP contribution in [0.5, 0.6) is 0 Å². The Morgan fingerprint density at radius 1 is 0.913 bits per heavy atom. The lowest BCUT2D eigenvalue weighted by atomic mass is 10.1. The molecule has 1 amide bonds. The number of hydrogen-bond donors (Lipinski definition) is 3. The molecule has 12 heteroatoms. The molecule has 1 aromatic heterocycles. The zero-order valence-corrected chi connectivity index (χ0v) is 25.1. The van der Waals surface area contributed by atoms with Gasteiger partial charge in [-0.3, -0.25) is 4.79 Å². The van der Waals surface area contributed by atoms with Gasteiger partial charge < -0.3 is 35.2 Å². The van der Waals surface area contributed by atoms with E-state index in [4.69, 9.17) is 14.5 Å². The van der Waals surface area contributed by atoms with Crippen LogP contribution in [0.2, 0.25) is 0 Å². The van der Waals surface area contributed by atoms with Crippen LogP contribution >= 0.6 is 0 Å². The van der Waals surface area contributed by atoms with Gasteiger partial charge in [0.15, 0.2) is 0 Å². The van der Waals surface area contributed by atoms with Crippen LogP contribution in [0.15, 0.2) is 79.5 Å². The number of benzene rings is 3. The van der Waals surface area contributed by atoms with Crippen molar-refractivity contribution in [1.29, 1.82) is 5.26 Å².